The third kappa shape index (κ3) is 5.14. The van der Waals surface area contributed by atoms with Crippen molar-refractivity contribution in [1.82, 2.24) is 0 Å². The van der Waals surface area contributed by atoms with Gasteiger partial charge in [-0.05, 0) is 61.7 Å². The van der Waals surface area contributed by atoms with E-state index in [1.165, 1.54) is 37.5 Å². The van der Waals surface area contributed by atoms with Gasteiger partial charge in [-0.25, -0.2) is 4.79 Å². The summed E-state index contributed by atoms with van der Waals surface area (Å²) < 4.78 is 5.02. The van der Waals surface area contributed by atoms with Gasteiger partial charge in [-0.2, -0.15) is 0 Å². The molecule has 0 radical (unpaired) electrons. The molecule has 3 rings (SSSR count). The van der Waals surface area contributed by atoms with Crippen LogP contribution in [0.15, 0.2) is 42.5 Å². The van der Waals surface area contributed by atoms with E-state index < -0.39 is 11.9 Å². The van der Waals surface area contributed by atoms with Crippen LogP contribution in [0, 0.1) is 0 Å². The van der Waals surface area contributed by atoms with E-state index in [1.54, 1.807) is 0 Å². The van der Waals surface area contributed by atoms with E-state index in [2.05, 4.69) is 10.2 Å². The molecule has 0 bridgehead atoms. The fourth-order valence-electron chi connectivity index (χ4n) is 2.99. The summed E-state index contributed by atoms with van der Waals surface area (Å²) >= 11 is 5.82. The van der Waals surface area contributed by atoms with Crippen molar-refractivity contribution >= 4 is 40.5 Å². The highest BCUT2D eigenvalue weighted by atomic mass is 35.5. The predicted octanol–water partition coefficient (Wildman–Crippen LogP) is 3.71. The van der Waals surface area contributed by atoms with Crippen LogP contribution >= 0.6 is 11.6 Å². The molecule has 0 unspecified atom stereocenters. The van der Waals surface area contributed by atoms with Gasteiger partial charge in [0.25, 0.3) is 5.91 Å². The Morgan fingerprint density at radius 2 is 1.78 bits per heavy atom. The number of carbonyl (C=O) groups excluding carboxylic acids is 2. The van der Waals surface area contributed by atoms with Gasteiger partial charge in [0, 0.05) is 24.5 Å². The fourth-order valence-corrected chi connectivity index (χ4v) is 3.11. The van der Waals surface area contributed by atoms with Gasteiger partial charge in [0.15, 0.2) is 6.61 Å². The maximum Gasteiger partial charge on any atom is 0.338 e. The summed E-state index contributed by atoms with van der Waals surface area (Å²) in [7, 11) is 0. The molecule has 0 saturated carbocycles. The molecule has 1 heterocycles. The Hall–Kier alpha value is -2.73. The highest BCUT2D eigenvalue weighted by Gasteiger charge is 2.13. The lowest BCUT2D eigenvalue weighted by atomic mass is 10.1. The highest BCUT2D eigenvalue weighted by molar-refractivity contribution is 6.33. The quantitative estimate of drug-likeness (QED) is 0.603. The summed E-state index contributed by atoms with van der Waals surface area (Å²) in [6.07, 6.45) is 3.71. The molecule has 27 heavy (non-hydrogen) atoms. The van der Waals surface area contributed by atoms with Crippen molar-refractivity contribution in [3.8, 4) is 0 Å². The largest absolute Gasteiger partial charge is 0.452 e. The van der Waals surface area contributed by atoms with Crippen LogP contribution in [0.2, 0.25) is 5.02 Å². The first kappa shape index (κ1) is 19.0. The maximum absolute atomic E-state index is 12.0. The lowest BCUT2D eigenvalue weighted by molar-refractivity contribution is -0.119. The van der Waals surface area contributed by atoms with Gasteiger partial charge >= 0.3 is 5.97 Å². The average molecular weight is 388 g/mol. The normalized spacial score (nSPS) is 13.9. The van der Waals surface area contributed by atoms with E-state index >= 15 is 0 Å². The zero-order valence-corrected chi connectivity index (χ0v) is 15.7. The van der Waals surface area contributed by atoms with Crippen molar-refractivity contribution in [2.75, 3.05) is 35.6 Å². The van der Waals surface area contributed by atoms with Gasteiger partial charge in [-0.15, -0.1) is 0 Å². The minimum atomic E-state index is -0.631. The van der Waals surface area contributed by atoms with Crippen molar-refractivity contribution in [2.45, 2.75) is 19.3 Å². The van der Waals surface area contributed by atoms with Crippen LogP contribution in [0.5, 0.6) is 0 Å². The summed E-state index contributed by atoms with van der Waals surface area (Å²) in [6, 6.07) is 12.1. The number of esters is 1. The van der Waals surface area contributed by atoms with E-state index in [9.17, 15) is 9.59 Å². The standard InChI is InChI=1S/C20H22ClN3O3/c21-17-9-4-14(12-18(17)22)20(26)27-13-19(25)23-15-5-7-16(8-6-15)24-10-2-1-3-11-24/h4-9,12H,1-3,10-11,13,22H2,(H,23,25). The van der Waals surface area contributed by atoms with Crippen molar-refractivity contribution in [2.24, 2.45) is 0 Å². The number of benzene rings is 2. The number of nitrogens with two attached hydrogens (primary N) is 1. The highest BCUT2D eigenvalue weighted by Crippen LogP contribution is 2.22. The number of nitrogens with zero attached hydrogens (tertiary/aromatic N) is 1. The minimum Gasteiger partial charge on any atom is -0.452 e. The third-order valence-corrected chi connectivity index (χ3v) is 4.78. The van der Waals surface area contributed by atoms with Crippen LogP contribution in [0.25, 0.3) is 0 Å². The molecule has 2 aromatic rings. The second kappa shape index (κ2) is 8.77. The lowest BCUT2D eigenvalue weighted by Crippen LogP contribution is -2.29. The van der Waals surface area contributed by atoms with Crippen molar-refractivity contribution in [1.29, 1.82) is 0 Å². The van der Waals surface area contributed by atoms with Gasteiger partial charge in [-0.1, -0.05) is 11.6 Å². The number of halogens is 1. The Morgan fingerprint density at radius 3 is 2.44 bits per heavy atom. The van der Waals surface area contributed by atoms with Gasteiger partial charge in [-0.3, -0.25) is 4.79 Å². The predicted molar refractivity (Wildman–Crippen MR) is 107 cm³/mol. The van der Waals surface area contributed by atoms with Crippen molar-refractivity contribution < 1.29 is 14.3 Å². The fraction of sp³-hybridized carbons (Fsp3) is 0.300. The van der Waals surface area contributed by atoms with Gasteiger partial charge in [0.05, 0.1) is 16.3 Å². The molecule has 6 nitrogen and oxygen atoms in total. The molecule has 7 heteroatoms. The number of ether oxygens (including phenoxy) is 1. The first-order valence-electron chi connectivity index (χ1n) is 8.90. The number of hydrogen-bond acceptors (Lipinski definition) is 5. The molecule has 3 N–H and O–H groups in total. The van der Waals surface area contributed by atoms with Crippen molar-refractivity contribution in [3.05, 3.63) is 53.1 Å². The number of amides is 1. The molecule has 1 aliphatic rings. The number of nitrogens with one attached hydrogen (secondary N) is 1. The average Bonchev–Trinajstić information content (AvgIpc) is 2.69. The number of nitrogen functional groups attached to an aromatic ring is 1. The maximum atomic E-state index is 12.0. The Bertz CT molecular complexity index is 818. The van der Waals surface area contributed by atoms with E-state index in [4.69, 9.17) is 22.1 Å². The number of piperidine rings is 1. The summed E-state index contributed by atoms with van der Waals surface area (Å²) in [5.74, 6) is -1.04. The molecule has 1 fully saturated rings. The van der Waals surface area contributed by atoms with E-state index in [-0.39, 0.29) is 17.9 Å². The summed E-state index contributed by atoms with van der Waals surface area (Å²) in [5.41, 5.74) is 8.00. The zero-order valence-electron chi connectivity index (χ0n) is 14.9. The molecule has 1 amide bonds. The van der Waals surface area contributed by atoms with E-state index in [0.717, 1.165) is 18.8 Å². The monoisotopic (exact) mass is 387 g/mol. The van der Waals surface area contributed by atoms with Crippen LogP contribution in [0.1, 0.15) is 29.6 Å². The molecule has 0 atom stereocenters. The zero-order chi connectivity index (χ0) is 19.2. The Balaban J connectivity index is 1.50. The van der Waals surface area contributed by atoms with Gasteiger partial charge in [0.1, 0.15) is 0 Å². The molecule has 0 aromatic heterocycles. The number of anilines is 3. The molecular weight excluding hydrogens is 366 g/mol. The minimum absolute atomic E-state index is 0.246. The van der Waals surface area contributed by atoms with Crippen LogP contribution in [0.4, 0.5) is 17.1 Å². The number of rotatable bonds is 5. The van der Waals surface area contributed by atoms with Crippen molar-refractivity contribution in [3.63, 3.8) is 0 Å². The Kier molecular flexibility index (Phi) is 6.19. The number of carbonyl (C=O) groups is 2. The Labute approximate surface area is 163 Å². The van der Waals surface area contributed by atoms with Crippen LogP contribution < -0.4 is 16.0 Å². The number of hydrogen-bond donors (Lipinski definition) is 2. The second-order valence-electron chi connectivity index (χ2n) is 6.46. The SMILES string of the molecule is Nc1cc(C(=O)OCC(=O)Nc2ccc(N3CCCCC3)cc2)ccc1Cl. The van der Waals surface area contributed by atoms with Gasteiger partial charge in [0.2, 0.25) is 0 Å². The molecule has 142 valence electrons. The van der Waals surface area contributed by atoms with Gasteiger partial charge < -0.3 is 20.7 Å². The topological polar surface area (TPSA) is 84.7 Å². The molecular formula is C20H22ClN3O3. The lowest BCUT2D eigenvalue weighted by Gasteiger charge is -2.28. The summed E-state index contributed by atoms with van der Waals surface area (Å²) in [4.78, 5) is 26.3. The van der Waals surface area contributed by atoms with E-state index in [0.29, 0.717) is 10.7 Å². The molecule has 1 aliphatic heterocycles. The smallest absolute Gasteiger partial charge is 0.338 e. The molecule has 0 aliphatic carbocycles. The van der Waals surface area contributed by atoms with Crippen LogP contribution in [-0.2, 0) is 9.53 Å². The second-order valence-corrected chi connectivity index (χ2v) is 6.86. The Morgan fingerprint density at radius 1 is 1.07 bits per heavy atom. The molecule has 1 saturated heterocycles. The molecule has 0 spiro atoms. The first-order chi connectivity index (χ1) is 13.0. The summed E-state index contributed by atoms with van der Waals surface area (Å²) in [6.45, 7) is 1.75. The first-order valence-corrected chi connectivity index (χ1v) is 9.28. The van der Waals surface area contributed by atoms with E-state index in [1.807, 2.05) is 24.3 Å². The third-order valence-electron chi connectivity index (χ3n) is 4.44. The summed E-state index contributed by atoms with van der Waals surface area (Å²) in [5, 5.41) is 3.08. The van der Waals surface area contributed by atoms with Crippen LogP contribution in [0.3, 0.4) is 0 Å². The molecule has 2 aromatic carbocycles. The van der Waals surface area contributed by atoms with Crippen LogP contribution in [-0.4, -0.2) is 31.6 Å².